The molecular weight excluding hydrogens is 354 g/mol. The molecule has 0 aliphatic carbocycles. The monoisotopic (exact) mass is 373 g/mol. The van der Waals surface area contributed by atoms with Gasteiger partial charge >= 0.3 is 0 Å². The molecule has 2 aromatic carbocycles. The summed E-state index contributed by atoms with van der Waals surface area (Å²) >= 11 is 5.93. The minimum Gasteiger partial charge on any atom is -0.345 e. The number of carbonyl (C=O) groups is 3. The van der Waals surface area contributed by atoms with Gasteiger partial charge in [0.1, 0.15) is 0 Å². The molecule has 2 rings (SSSR count). The second-order valence-corrected chi connectivity index (χ2v) is 6.16. The van der Waals surface area contributed by atoms with Crippen molar-refractivity contribution in [2.75, 3.05) is 18.4 Å². The number of benzene rings is 2. The third-order valence-electron chi connectivity index (χ3n) is 3.72. The number of halogens is 1. The molecule has 0 heterocycles. The number of hydrogen-bond acceptors (Lipinski definition) is 3. The molecule has 0 spiro atoms. The molecule has 7 heteroatoms. The molecule has 0 fully saturated rings. The minimum atomic E-state index is -0.470. The van der Waals surface area contributed by atoms with Gasteiger partial charge in [0.05, 0.1) is 23.7 Å². The first kappa shape index (κ1) is 19.5. The molecule has 2 aromatic rings. The van der Waals surface area contributed by atoms with E-state index in [-0.39, 0.29) is 24.6 Å². The van der Waals surface area contributed by atoms with Gasteiger partial charge in [-0.05, 0) is 37.1 Å². The first-order valence-electron chi connectivity index (χ1n) is 8.04. The van der Waals surface area contributed by atoms with Crippen LogP contribution in [0.25, 0.3) is 0 Å². The van der Waals surface area contributed by atoms with E-state index in [9.17, 15) is 14.4 Å². The Bertz CT molecular complexity index is 816. The van der Waals surface area contributed by atoms with Crippen molar-refractivity contribution in [3.63, 3.8) is 0 Å². The SMILES string of the molecule is Cc1cccc(C)c1NC(=O)CNC(=O)CNC(=O)c1ccccc1Cl. The zero-order valence-corrected chi connectivity index (χ0v) is 15.3. The molecule has 136 valence electrons. The van der Waals surface area contributed by atoms with E-state index in [1.807, 2.05) is 32.0 Å². The van der Waals surface area contributed by atoms with Gasteiger partial charge in [-0.15, -0.1) is 0 Å². The van der Waals surface area contributed by atoms with E-state index in [1.54, 1.807) is 24.3 Å². The Kier molecular flexibility index (Phi) is 6.74. The molecule has 0 aliphatic rings. The second-order valence-electron chi connectivity index (χ2n) is 5.75. The highest BCUT2D eigenvalue weighted by atomic mass is 35.5. The fourth-order valence-corrected chi connectivity index (χ4v) is 2.56. The zero-order valence-electron chi connectivity index (χ0n) is 14.6. The highest BCUT2D eigenvalue weighted by Gasteiger charge is 2.12. The summed E-state index contributed by atoms with van der Waals surface area (Å²) in [6.45, 7) is 3.35. The van der Waals surface area contributed by atoms with E-state index in [0.29, 0.717) is 5.02 Å². The maximum Gasteiger partial charge on any atom is 0.253 e. The number of rotatable bonds is 6. The summed E-state index contributed by atoms with van der Waals surface area (Å²) in [6.07, 6.45) is 0. The van der Waals surface area contributed by atoms with Crippen LogP contribution in [0.15, 0.2) is 42.5 Å². The molecule has 0 radical (unpaired) electrons. The van der Waals surface area contributed by atoms with Gasteiger partial charge in [0.15, 0.2) is 0 Å². The summed E-state index contributed by atoms with van der Waals surface area (Å²) < 4.78 is 0. The third-order valence-corrected chi connectivity index (χ3v) is 4.05. The van der Waals surface area contributed by atoms with Crippen LogP contribution < -0.4 is 16.0 Å². The van der Waals surface area contributed by atoms with Crippen LogP contribution in [-0.2, 0) is 9.59 Å². The Balaban J connectivity index is 1.79. The quantitative estimate of drug-likeness (QED) is 0.726. The van der Waals surface area contributed by atoms with Gasteiger partial charge in [-0.2, -0.15) is 0 Å². The Morgan fingerprint density at radius 3 is 2.12 bits per heavy atom. The molecule has 26 heavy (non-hydrogen) atoms. The Morgan fingerprint density at radius 1 is 0.846 bits per heavy atom. The Labute approximate surface area is 156 Å². The van der Waals surface area contributed by atoms with Crippen LogP contribution >= 0.6 is 11.6 Å². The molecule has 0 atom stereocenters. The Morgan fingerprint density at radius 2 is 1.46 bits per heavy atom. The summed E-state index contributed by atoms with van der Waals surface area (Å²) in [5, 5.41) is 8.01. The number of anilines is 1. The molecule has 3 amide bonds. The lowest BCUT2D eigenvalue weighted by molar-refractivity contribution is -0.123. The molecule has 0 unspecified atom stereocenters. The van der Waals surface area contributed by atoms with Crippen molar-refractivity contribution < 1.29 is 14.4 Å². The van der Waals surface area contributed by atoms with Gasteiger partial charge in [0.2, 0.25) is 11.8 Å². The van der Waals surface area contributed by atoms with Gasteiger partial charge < -0.3 is 16.0 Å². The molecule has 0 saturated heterocycles. The van der Waals surface area contributed by atoms with Crippen molar-refractivity contribution in [2.45, 2.75) is 13.8 Å². The summed E-state index contributed by atoms with van der Waals surface area (Å²) in [5.41, 5.74) is 2.90. The lowest BCUT2D eigenvalue weighted by Crippen LogP contribution is -2.40. The van der Waals surface area contributed by atoms with Crippen LogP contribution in [-0.4, -0.2) is 30.8 Å². The van der Waals surface area contributed by atoms with E-state index in [1.165, 1.54) is 0 Å². The normalized spacial score (nSPS) is 10.1. The largest absolute Gasteiger partial charge is 0.345 e. The maximum absolute atomic E-state index is 12.0. The van der Waals surface area contributed by atoms with Crippen LogP contribution in [0.5, 0.6) is 0 Å². The molecule has 0 saturated carbocycles. The number of aryl methyl sites for hydroxylation is 2. The first-order chi connectivity index (χ1) is 12.4. The highest BCUT2D eigenvalue weighted by molar-refractivity contribution is 6.33. The zero-order chi connectivity index (χ0) is 19.1. The van der Waals surface area contributed by atoms with E-state index < -0.39 is 11.8 Å². The standard InChI is InChI=1S/C19H20ClN3O3/c1-12-6-5-7-13(2)18(12)23-17(25)11-21-16(24)10-22-19(26)14-8-3-4-9-15(14)20/h3-9H,10-11H2,1-2H3,(H,21,24)(H,22,26)(H,23,25). The van der Waals surface area contributed by atoms with Crippen LogP contribution in [0.2, 0.25) is 5.02 Å². The van der Waals surface area contributed by atoms with Crippen LogP contribution in [0, 0.1) is 13.8 Å². The molecule has 0 aromatic heterocycles. The smallest absolute Gasteiger partial charge is 0.253 e. The van der Waals surface area contributed by atoms with Crippen LogP contribution in [0.1, 0.15) is 21.5 Å². The number of para-hydroxylation sites is 1. The molecule has 3 N–H and O–H groups in total. The number of amides is 3. The van der Waals surface area contributed by atoms with Crippen molar-refractivity contribution in [2.24, 2.45) is 0 Å². The van der Waals surface area contributed by atoms with E-state index in [4.69, 9.17) is 11.6 Å². The molecule has 0 bridgehead atoms. The van der Waals surface area contributed by atoms with Crippen molar-refractivity contribution in [3.8, 4) is 0 Å². The Hall–Kier alpha value is -2.86. The van der Waals surface area contributed by atoms with Crippen molar-refractivity contribution >= 4 is 35.0 Å². The van der Waals surface area contributed by atoms with E-state index in [0.717, 1.165) is 16.8 Å². The topological polar surface area (TPSA) is 87.3 Å². The third kappa shape index (κ3) is 5.32. The fraction of sp³-hybridized carbons (Fsp3) is 0.211. The van der Waals surface area contributed by atoms with E-state index in [2.05, 4.69) is 16.0 Å². The lowest BCUT2D eigenvalue weighted by Gasteiger charge is -2.12. The number of carbonyl (C=O) groups excluding carboxylic acids is 3. The summed E-state index contributed by atoms with van der Waals surface area (Å²) in [7, 11) is 0. The van der Waals surface area contributed by atoms with Crippen LogP contribution in [0.3, 0.4) is 0 Å². The minimum absolute atomic E-state index is 0.186. The van der Waals surface area contributed by atoms with Gasteiger partial charge in [-0.1, -0.05) is 41.9 Å². The van der Waals surface area contributed by atoms with Crippen molar-refractivity contribution in [1.29, 1.82) is 0 Å². The highest BCUT2D eigenvalue weighted by Crippen LogP contribution is 2.19. The number of hydrogen-bond donors (Lipinski definition) is 3. The summed E-state index contributed by atoms with van der Waals surface area (Å²) in [5.74, 6) is -1.26. The average molecular weight is 374 g/mol. The predicted octanol–water partition coefficient (Wildman–Crippen LogP) is 2.44. The fourth-order valence-electron chi connectivity index (χ4n) is 2.34. The van der Waals surface area contributed by atoms with Crippen LogP contribution in [0.4, 0.5) is 5.69 Å². The van der Waals surface area contributed by atoms with Crippen molar-refractivity contribution in [1.82, 2.24) is 10.6 Å². The summed E-state index contributed by atoms with van der Waals surface area (Å²) in [4.78, 5) is 35.8. The van der Waals surface area contributed by atoms with Gasteiger partial charge in [-0.3, -0.25) is 14.4 Å². The average Bonchev–Trinajstić information content (AvgIpc) is 2.61. The van der Waals surface area contributed by atoms with Crippen molar-refractivity contribution in [3.05, 3.63) is 64.2 Å². The van der Waals surface area contributed by atoms with Gasteiger partial charge in [0, 0.05) is 5.69 Å². The number of nitrogens with one attached hydrogen (secondary N) is 3. The second kappa shape index (κ2) is 9.01. The lowest BCUT2D eigenvalue weighted by atomic mass is 10.1. The van der Waals surface area contributed by atoms with Gasteiger partial charge in [-0.25, -0.2) is 0 Å². The molecule has 0 aliphatic heterocycles. The first-order valence-corrected chi connectivity index (χ1v) is 8.41. The van der Waals surface area contributed by atoms with E-state index >= 15 is 0 Å². The maximum atomic E-state index is 12.0. The molecule has 6 nitrogen and oxygen atoms in total. The summed E-state index contributed by atoms with van der Waals surface area (Å²) in [6, 6.07) is 12.2. The van der Waals surface area contributed by atoms with Gasteiger partial charge in [0.25, 0.3) is 5.91 Å². The predicted molar refractivity (Wildman–Crippen MR) is 101 cm³/mol. The molecular formula is C19H20ClN3O3.